The summed E-state index contributed by atoms with van der Waals surface area (Å²) >= 11 is 0. The second kappa shape index (κ2) is 9.65. The third-order valence-electron chi connectivity index (χ3n) is 3.40. The van der Waals surface area contributed by atoms with Crippen LogP contribution in [0.2, 0.25) is 0 Å². The van der Waals surface area contributed by atoms with E-state index in [2.05, 4.69) is 19.2 Å². The summed E-state index contributed by atoms with van der Waals surface area (Å²) in [5, 5.41) is 3.36. The molecule has 0 aliphatic carbocycles. The third kappa shape index (κ3) is 10.9. The number of nitrogens with one attached hydrogen (secondary N) is 1. The van der Waals surface area contributed by atoms with Gasteiger partial charge in [0.1, 0.15) is 0 Å². The molecule has 0 aromatic rings. The second-order valence-electron chi connectivity index (χ2n) is 5.23. The molecule has 110 valence electrons. The molecule has 0 aromatic heterocycles. The van der Waals surface area contributed by atoms with Crippen LogP contribution >= 0.6 is 0 Å². The minimum Gasteiger partial charge on any atom is -0.314 e. The lowest BCUT2D eigenvalue weighted by Gasteiger charge is -2.19. The van der Waals surface area contributed by atoms with E-state index in [0.29, 0.717) is 12.3 Å². The van der Waals surface area contributed by atoms with Gasteiger partial charge in [-0.15, -0.1) is 0 Å². The fourth-order valence-corrected chi connectivity index (χ4v) is 2.02. The minimum atomic E-state index is -4.01. The van der Waals surface area contributed by atoms with Crippen molar-refractivity contribution in [1.29, 1.82) is 0 Å². The molecule has 0 aliphatic rings. The topological polar surface area (TPSA) is 12.0 Å². The quantitative estimate of drug-likeness (QED) is 0.593. The maximum Gasteiger partial charge on any atom is 0.389 e. The zero-order valence-corrected chi connectivity index (χ0v) is 11.9. The van der Waals surface area contributed by atoms with Crippen LogP contribution < -0.4 is 5.32 Å². The number of alkyl halides is 3. The first-order valence-electron chi connectivity index (χ1n) is 7.19. The zero-order chi connectivity index (χ0) is 14.0. The van der Waals surface area contributed by atoms with Gasteiger partial charge in [0.05, 0.1) is 0 Å². The molecule has 0 rings (SSSR count). The molecule has 0 radical (unpaired) electrons. The van der Waals surface area contributed by atoms with Gasteiger partial charge in [0.25, 0.3) is 0 Å². The SMILES string of the molecule is CCCCC(CC)CNC(C)CCCC(F)(F)F. The predicted molar refractivity (Wildman–Crippen MR) is 70.7 cm³/mol. The molecular formula is C14H28F3N. The molecule has 0 saturated carbocycles. The van der Waals surface area contributed by atoms with Gasteiger partial charge in [-0.3, -0.25) is 0 Å². The molecular weight excluding hydrogens is 239 g/mol. The summed E-state index contributed by atoms with van der Waals surface area (Å²) in [5.74, 6) is 0.662. The van der Waals surface area contributed by atoms with E-state index in [-0.39, 0.29) is 12.5 Å². The van der Waals surface area contributed by atoms with Gasteiger partial charge in [-0.1, -0.05) is 33.1 Å². The number of unbranched alkanes of at least 4 members (excludes halogenated alkanes) is 1. The number of hydrogen-bond acceptors (Lipinski definition) is 1. The standard InChI is InChI=1S/C14H28F3N/c1-4-6-9-13(5-2)11-18-12(3)8-7-10-14(15,16)17/h12-13,18H,4-11H2,1-3H3. The Morgan fingerprint density at radius 1 is 1.06 bits per heavy atom. The van der Waals surface area contributed by atoms with Gasteiger partial charge in [-0.25, -0.2) is 0 Å². The van der Waals surface area contributed by atoms with Crippen molar-refractivity contribution in [2.24, 2.45) is 5.92 Å². The number of hydrogen-bond donors (Lipinski definition) is 1. The van der Waals surface area contributed by atoms with Crippen LogP contribution in [-0.2, 0) is 0 Å². The van der Waals surface area contributed by atoms with Crippen molar-refractivity contribution in [3.63, 3.8) is 0 Å². The fourth-order valence-electron chi connectivity index (χ4n) is 2.02. The highest BCUT2D eigenvalue weighted by molar-refractivity contribution is 4.67. The second-order valence-corrected chi connectivity index (χ2v) is 5.23. The van der Waals surface area contributed by atoms with Gasteiger partial charge in [-0.05, 0) is 38.6 Å². The summed E-state index contributed by atoms with van der Waals surface area (Å²) in [5.41, 5.74) is 0. The molecule has 0 fully saturated rings. The van der Waals surface area contributed by atoms with Crippen LogP contribution in [0.15, 0.2) is 0 Å². The molecule has 0 saturated heterocycles. The van der Waals surface area contributed by atoms with Crippen molar-refractivity contribution in [3.8, 4) is 0 Å². The van der Waals surface area contributed by atoms with Gasteiger partial charge in [0.15, 0.2) is 0 Å². The highest BCUT2D eigenvalue weighted by Crippen LogP contribution is 2.22. The summed E-state index contributed by atoms with van der Waals surface area (Å²) in [6.07, 6.45) is 0.962. The molecule has 1 nitrogen and oxygen atoms in total. The zero-order valence-electron chi connectivity index (χ0n) is 11.9. The largest absolute Gasteiger partial charge is 0.389 e. The molecule has 0 heterocycles. The highest BCUT2D eigenvalue weighted by atomic mass is 19.4. The smallest absolute Gasteiger partial charge is 0.314 e. The average molecular weight is 267 g/mol. The van der Waals surface area contributed by atoms with Gasteiger partial charge in [0.2, 0.25) is 0 Å². The van der Waals surface area contributed by atoms with Crippen molar-refractivity contribution in [3.05, 3.63) is 0 Å². The molecule has 18 heavy (non-hydrogen) atoms. The lowest BCUT2D eigenvalue weighted by atomic mass is 9.99. The van der Waals surface area contributed by atoms with E-state index in [1.54, 1.807) is 0 Å². The Hall–Kier alpha value is -0.250. The Labute approximate surface area is 110 Å². The van der Waals surface area contributed by atoms with Crippen molar-refractivity contribution in [1.82, 2.24) is 5.32 Å². The maximum atomic E-state index is 12.0. The molecule has 0 spiro atoms. The predicted octanol–water partition coefficient (Wildman–Crippen LogP) is 4.91. The van der Waals surface area contributed by atoms with Crippen LogP contribution in [-0.4, -0.2) is 18.8 Å². The Morgan fingerprint density at radius 3 is 2.22 bits per heavy atom. The monoisotopic (exact) mass is 267 g/mol. The maximum absolute atomic E-state index is 12.0. The molecule has 2 unspecified atom stereocenters. The molecule has 2 atom stereocenters. The average Bonchev–Trinajstić information content (AvgIpc) is 2.27. The van der Waals surface area contributed by atoms with Crippen molar-refractivity contribution < 1.29 is 13.2 Å². The summed E-state index contributed by atoms with van der Waals surface area (Å²) in [6.45, 7) is 7.27. The van der Waals surface area contributed by atoms with Gasteiger partial charge >= 0.3 is 6.18 Å². The van der Waals surface area contributed by atoms with Crippen molar-refractivity contribution >= 4 is 0 Å². The van der Waals surface area contributed by atoms with E-state index in [9.17, 15) is 13.2 Å². The normalized spacial score (nSPS) is 15.7. The van der Waals surface area contributed by atoms with E-state index in [1.807, 2.05) is 6.92 Å². The van der Waals surface area contributed by atoms with Crippen LogP contribution in [0.5, 0.6) is 0 Å². The lowest BCUT2D eigenvalue weighted by molar-refractivity contribution is -0.135. The van der Waals surface area contributed by atoms with E-state index >= 15 is 0 Å². The van der Waals surface area contributed by atoms with Crippen molar-refractivity contribution in [2.75, 3.05) is 6.54 Å². The third-order valence-corrected chi connectivity index (χ3v) is 3.40. The molecule has 0 aromatic carbocycles. The first-order chi connectivity index (χ1) is 8.39. The fraction of sp³-hybridized carbons (Fsp3) is 1.00. The minimum absolute atomic E-state index is 0.183. The van der Waals surface area contributed by atoms with Crippen LogP contribution in [0.1, 0.15) is 65.7 Å². The molecule has 0 aliphatic heterocycles. The lowest BCUT2D eigenvalue weighted by Crippen LogP contribution is -2.31. The number of rotatable bonds is 10. The molecule has 0 bridgehead atoms. The summed E-state index contributed by atoms with van der Waals surface area (Å²) < 4.78 is 36.0. The first kappa shape index (κ1) is 17.8. The van der Waals surface area contributed by atoms with E-state index in [0.717, 1.165) is 13.0 Å². The van der Waals surface area contributed by atoms with E-state index < -0.39 is 12.6 Å². The molecule has 0 amide bonds. The van der Waals surface area contributed by atoms with Crippen molar-refractivity contribution in [2.45, 2.75) is 77.9 Å². The van der Waals surface area contributed by atoms with Crippen LogP contribution in [0.25, 0.3) is 0 Å². The van der Waals surface area contributed by atoms with Crippen LogP contribution in [0.3, 0.4) is 0 Å². The number of halogens is 3. The Bertz CT molecular complexity index is 192. The Kier molecular flexibility index (Phi) is 9.52. The van der Waals surface area contributed by atoms with Crippen LogP contribution in [0.4, 0.5) is 13.2 Å². The van der Waals surface area contributed by atoms with E-state index in [4.69, 9.17) is 0 Å². The summed E-state index contributed by atoms with van der Waals surface area (Å²) in [7, 11) is 0. The van der Waals surface area contributed by atoms with Crippen LogP contribution in [0, 0.1) is 5.92 Å². The van der Waals surface area contributed by atoms with Gasteiger partial charge < -0.3 is 5.32 Å². The van der Waals surface area contributed by atoms with Gasteiger partial charge in [0, 0.05) is 12.5 Å². The molecule has 4 heteroatoms. The summed E-state index contributed by atoms with van der Waals surface area (Å²) in [6, 6.07) is 0.183. The Balaban J connectivity index is 3.64. The first-order valence-corrected chi connectivity index (χ1v) is 7.19. The van der Waals surface area contributed by atoms with Gasteiger partial charge in [-0.2, -0.15) is 13.2 Å². The highest BCUT2D eigenvalue weighted by Gasteiger charge is 2.26. The Morgan fingerprint density at radius 2 is 1.72 bits per heavy atom. The van der Waals surface area contributed by atoms with E-state index in [1.165, 1.54) is 19.3 Å². The molecule has 1 N–H and O–H groups in total. The summed E-state index contributed by atoms with van der Waals surface area (Å²) in [4.78, 5) is 0.